The normalized spacial score (nSPS) is 36.7. The molecule has 80 valence electrons. The molecule has 3 aliphatic carbocycles. The second kappa shape index (κ2) is 2.69. The molecule has 0 amide bonds. The first-order chi connectivity index (χ1) is 7.07. The second-order valence-corrected chi connectivity index (χ2v) is 5.45. The molecule has 0 aromatic heterocycles. The van der Waals surface area contributed by atoms with Crippen molar-refractivity contribution in [2.75, 3.05) is 7.11 Å². The molecule has 4 rings (SSSR count). The van der Waals surface area contributed by atoms with Crippen LogP contribution in [-0.4, -0.2) is 12.6 Å². The van der Waals surface area contributed by atoms with E-state index in [-0.39, 0.29) is 11.0 Å². The van der Waals surface area contributed by atoms with Gasteiger partial charge in [0.2, 0.25) is 0 Å². The number of rotatable bonds is 2. The molecule has 0 atom stereocenters. The molecular formula is C12H14ClNO. The van der Waals surface area contributed by atoms with Crippen LogP contribution in [-0.2, 0) is 5.41 Å². The van der Waals surface area contributed by atoms with Gasteiger partial charge < -0.3 is 10.5 Å². The summed E-state index contributed by atoms with van der Waals surface area (Å²) in [7, 11) is 1.70. The van der Waals surface area contributed by atoms with Gasteiger partial charge in [0, 0.05) is 21.5 Å². The van der Waals surface area contributed by atoms with Gasteiger partial charge in [-0.3, -0.25) is 0 Å². The topological polar surface area (TPSA) is 35.2 Å². The third-order valence-corrected chi connectivity index (χ3v) is 4.04. The van der Waals surface area contributed by atoms with E-state index in [9.17, 15) is 0 Å². The van der Waals surface area contributed by atoms with Gasteiger partial charge in [-0.25, -0.2) is 0 Å². The van der Waals surface area contributed by atoms with E-state index in [4.69, 9.17) is 22.1 Å². The van der Waals surface area contributed by atoms with Gasteiger partial charge in [-0.2, -0.15) is 0 Å². The van der Waals surface area contributed by atoms with Gasteiger partial charge in [-0.1, -0.05) is 11.6 Å². The quantitative estimate of drug-likeness (QED) is 0.836. The molecule has 1 aromatic carbocycles. The summed E-state index contributed by atoms with van der Waals surface area (Å²) in [4.78, 5) is 0. The highest BCUT2D eigenvalue weighted by Crippen LogP contribution is 2.67. The van der Waals surface area contributed by atoms with Gasteiger partial charge in [0.25, 0.3) is 0 Å². The van der Waals surface area contributed by atoms with Gasteiger partial charge >= 0.3 is 0 Å². The van der Waals surface area contributed by atoms with Crippen LogP contribution in [0.1, 0.15) is 24.8 Å². The van der Waals surface area contributed by atoms with Crippen molar-refractivity contribution in [1.82, 2.24) is 0 Å². The summed E-state index contributed by atoms with van der Waals surface area (Å²) in [5.41, 5.74) is 7.69. The monoisotopic (exact) mass is 223 g/mol. The number of benzene rings is 1. The minimum Gasteiger partial charge on any atom is -0.496 e. The third-order valence-electron chi connectivity index (χ3n) is 3.80. The van der Waals surface area contributed by atoms with E-state index >= 15 is 0 Å². The van der Waals surface area contributed by atoms with E-state index in [0.717, 1.165) is 30.0 Å². The van der Waals surface area contributed by atoms with Crippen molar-refractivity contribution in [2.45, 2.75) is 30.2 Å². The Morgan fingerprint density at radius 1 is 1.33 bits per heavy atom. The highest BCUT2D eigenvalue weighted by molar-refractivity contribution is 6.30. The average molecular weight is 224 g/mol. The van der Waals surface area contributed by atoms with Crippen LogP contribution in [0.3, 0.4) is 0 Å². The van der Waals surface area contributed by atoms with Gasteiger partial charge in [-0.05, 0) is 37.5 Å². The number of hydrogen-bond acceptors (Lipinski definition) is 2. The number of methoxy groups -OCH3 is 1. The zero-order valence-corrected chi connectivity index (χ0v) is 9.47. The van der Waals surface area contributed by atoms with Crippen molar-refractivity contribution in [3.05, 3.63) is 28.8 Å². The molecule has 0 unspecified atom stereocenters. The van der Waals surface area contributed by atoms with Gasteiger partial charge in [-0.15, -0.1) is 0 Å². The largest absolute Gasteiger partial charge is 0.496 e. The minimum atomic E-state index is 0.118. The zero-order chi connectivity index (χ0) is 10.7. The van der Waals surface area contributed by atoms with Crippen LogP contribution in [0.15, 0.2) is 18.2 Å². The van der Waals surface area contributed by atoms with Crippen molar-refractivity contribution >= 4 is 11.6 Å². The molecule has 3 saturated carbocycles. The van der Waals surface area contributed by atoms with E-state index in [1.54, 1.807) is 7.11 Å². The molecule has 15 heavy (non-hydrogen) atoms. The Hall–Kier alpha value is -0.730. The zero-order valence-electron chi connectivity index (χ0n) is 8.72. The lowest BCUT2D eigenvalue weighted by Crippen LogP contribution is -2.74. The van der Waals surface area contributed by atoms with Gasteiger partial charge in [0.15, 0.2) is 0 Å². The van der Waals surface area contributed by atoms with Gasteiger partial charge in [0.05, 0.1) is 7.11 Å². The maximum Gasteiger partial charge on any atom is 0.122 e. The molecule has 3 fully saturated rings. The van der Waals surface area contributed by atoms with Crippen LogP contribution in [0.2, 0.25) is 5.02 Å². The summed E-state index contributed by atoms with van der Waals surface area (Å²) in [6.07, 6.45) is 3.24. The molecule has 3 heteroatoms. The van der Waals surface area contributed by atoms with Crippen LogP contribution >= 0.6 is 11.6 Å². The predicted octanol–water partition coefficient (Wildman–Crippen LogP) is 2.48. The van der Waals surface area contributed by atoms with Crippen LogP contribution < -0.4 is 10.5 Å². The highest BCUT2D eigenvalue weighted by Gasteiger charge is 2.67. The smallest absolute Gasteiger partial charge is 0.122 e. The van der Waals surface area contributed by atoms with Crippen LogP contribution in [0, 0.1) is 0 Å². The highest BCUT2D eigenvalue weighted by atomic mass is 35.5. The van der Waals surface area contributed by atoms with Gasteiger partial charge in [0.1, 0.15) is 5.75 Å². The molecule has 2 N–H and O–H groups in total. The Labute approximate surface area is 94.4 Å². The van der Waals surface area contributed by atoms with Crippen LogP contribution in [0.25, 0.3) is 0 Å². The first-order valence-corrected chi connectivity index (χ1v) is 5.58. The predicted molar refractivity (Wildman–Crippen MR) is 60.5 cm³/mol. The van der Waals surface area contributed by atoms with Crippen molar-refractivity contribution < 1.29 is 4.74 Å². The number of nitrogens with two attached hydrogens (primary N) is 1. The number of hydrogen-bond donors (Lipinski definition) is 1. The lowest BCUT2D eigenvalue weighted by molar-refractivity contribution is -0.0602. The van der Waals surface area contributed by atoms with E-state index < -0.39 is 0 Å². The minimum absolute atomic E-state index is 0.118. The molecule has 2 bridgehead atoms. The lowest BCUT2D eigenvalue weighted by Gasteiger charge is -2.69. The SMILES string of the molecule is COc1ccc(Cl)cc1C12CC(N)(C1)C2. The molecule has 0 aliphatic heterocycles. The molecule has 0 heterocycles. The summed E-state index contributed by atoms with van der Waals surface area (Å²) < 4.78 is 5.38. The van der Waals surface area contributed by atoms with E-state index in [0.29, 0.717) is 0 Å². The Morgan fingerprint density at radius 3 is 2.53 bits per heavy atom. The average Bonchev–Trinajstić information content (AvgIpc) is 2.11. The Balaban J connectivity index is 2.01. The Kier molecular flexibility index (Phi) is 1.70. The first kappa shape index (κ1) is 9.49. The third kappa shape index (κ3) is 1.15. The summed E-state index contributed by atoms with van der Waals surface area (Å²) in [5.74, 6) is 0.946. The second-order valence-electron chi connectivity index (χ2n) is 5.02. The standard InChI is InChI=1S/C12H14ClNO/c1-15-10-3-2-8(13)4-9(10)11-5-12(14,6-11)7-11/h2-4H,5-7,14H2,1H3. The summed E-state index contributed by atoms with van der Waals surface area (Å²) >= 11 is 6.03. The summed E-state index contributed by atoms with van der Waals surface area (Å²) in [6, 6.07) is 5.84. The molecular weight excluding hydrogens is 210 g/mol. The van der Waals surface area contributed by atoms with Crippen molar-refractivity contribution in [2.24, 2.45) is 5.73 Å². The molecule has 0 saturated heterocycles. The van der Waals surface area contributed by atoms with E-state index in [1.165, 1.54) is 5.56 Å². The fourth-order valence-electron chi connectivity index (χ4n) is 3.25. The summed E-state index contributed by atoms with van der Waals surface area (Å²) in [6.45, 7) is 0. The Bertz CT molecular complexity index is 410. The maximum atomic E-state index is 6.07. The maximum absolute atomic E-state index is 6.07. The van der Waals surface area contributed by atoms with Crippen LogP contribution in [0.4, 0.5) is 0 Å². The first-order valence-electron chi connectivity index (χ1n) is 5.20. The molecule has 0 radical (unpaired) electrons. The molecule has 2 nitrogen and oxygen atoms in total. The van der Waals surface area contributed by atoms with Crippen LogP contribution in [0.5, 0.6) is 5.75 Å². The van der Waals surface area contributed by atoms with E-state index in [1.807, 2.05) is 18.2 Å². The van der Waals surface area contributed by atoms with Crippen molar-refractivity contribution in [3.8, 4) is 5.75 Å². The fourth-order valence-corrected chi connectivity index (χ4v) is 3.42. The molecule has 3 aliphatic rings. The lowest BCUT2D eigenvalue weighted by atomic mass is 9.38. The summed E-state index contributed by atoms with van der Waals surface area (Å²) in [5, 5.41) is 0.779. The van der Waals surface area contributed by atoms with Crippen molar-refractivity contribution in [3.63, 3.8) is 0 Å². The van der Waals surface area contributed by atoms with E-state index in [2.05, 4.69) is 0 Å². The molecule has 0 spiro atoms. The number of ether oxygens (including phenoxy) is 1. The number of halogens is 1. The fraction of sp³-hybridized carbons (Fsp3) is 0.500. The van der Waals surface area contributed by atoms with Crippen molar-refractivity contribution in [1.29, 1.82) is 0 Å². The Morgan fingerprint density at radius 2 is 2.00 bits per heavy atom. The molecule has 1 aromatic rings.